The van der Waals surface area contributed by atoms with E-state index in [-0.39, 0.29) is 17.7 Å². The summed E-state index contributed by atoms with van der Waals surface area (Å²) in [7, 11) is -3.64. The number of piperidine rings is 1. The van der Waals surface area contributed by atoms with Gasteiger partial charge in [-0.2, -0.15) is 12.7 Å². The highest BCUT2D eigenvalue weighted by molar-refractivity contribution is 7.86. The molecule has 2 aromatic heterocycles. The summed E-state index contributed by atoms with van der Waals surface area (Å²) in [5.74, 6) is 0.579. The predicted octanol–water partition coefficient (Wildman–Crippen LogP) is 0.914. The molecule has 9 nitrogen and oxygen atoms in total. The summed E-state index contributed by atoms with van der Waals surface area (Å²) < 4.78 is 29.6. The Morgan fingerprint density at radius 2 is 2.00 bits per heavy atom. The molecule has 1 saturated heterocycles. The van der Waals surface area contributed by atoms with Gasteiger partial charge in [0.05, 0.1) is 6.20 Å². The third-order valence-electron chi connectivity index (χ3n) is 4.35. The highest BCUT2D eigenvalue weighted by atomic mass is 32.2. The summed E-state index contributed by atoms with van der Waals surface area (Å²) in [4.78, 5) is 20.6. The van der Waals surface area contributed by atoms with E-state index in [1.54, 1.807) is 36.7 Å². The lowest BCUT2D eigenvalue weighted by Crippen LogP contribution is -2.44. The molecule has 0 saturated carbocycles. The van der Waals surface area contributed by atoms with Crippen LogP contribution >= 0.6 is 0 Å². The minimum atomic E-state index is -3.64. The molecule has 0 bridgehead atoms. The summed E-state index contributed by atoms with van der Waals surface area (Å²) in [6.07, 6.45) is 5.99. The van der Waals surface area contributed by atoms with Gasteiger partial charge in [0, 0.05) is 32.0 Å². The Bertz CT molecular complexity index is 883. The zero-order valence-corrected chi connectivity index (χ0v) is 15.4. The van der Waals surface area contributed by atoms with E-state index >= 15 is 0 Å². The van der Waals surface area contributed by atoms with E-state index in [9.17, 15) is 13.2 Å². The van der Waals surface area contributed by atoms with Crippen molar-refractivity contribution in [2.45, 2.75) is 12.8 Å². The second-order valence-corrected chi connectivity index (χ2v) is 7.79. The lowest BCUT2D eigenvalue weighted by atomic mass is 9.98. The quantitative estimate of drug-likeness (QED) is 0.753. The maximum absolute atomic E-state index is 12.5. The molecule has 1 fully saturated rings. The van der Waals surface area contributed by atoms with Crippen molar-refractivity contribution in [3.8, 4) is 11.6 Å². The molecule has 0 atom stereocenters. The molecular weight excluding hydrogens is 370 g/mol. The molecule has 0 aromatic carbocycles. The van der Waals surface area contributed by atoms with Gasteiger partial charge in [0.25, 0.3) is 16.1 Å². The molecule has 1 aliphatic heterocycles. The number of carbonyl (C=O) groups excluding carboxylic acids is 1. The van der Waals surface area contributed by atoms with E-state index < -0.39 is 10.2 Å². The average molecular weight is 391 g/mol. The topological polar surface area (TPSA) is 128 Å². The SMILES string of the molecule is NS(=O)(=O)N1CCC(CNC(=O)c2cccnc2Oc2cccnc2)CC1. The molecule has 1 amide bonds. The number of nitrogens with zero attached hydrogens (tertiary/aromatic N) is 3. The summed E-state index contributed by atoms with van der Waals surface area (Å²) in [6, 6.07) is 6.75. The van der Waals surface area contributed by atoms with Crippen molar-refractivity contribution in [2.24, 2.45) is 11.1 Å². The van der Waals surface area contributed by atoms with Crippen molar-refractivity contribution < 1.29 is 17.9 Å². The fraction of sp³-hybridized carbons (Fsp3) is 0.353. The van der Waals surface area contributed by atoms with Crippen LogP contribution in [-0.2, 0) is 10.2 Å². The number of aromatic nitrogens is 2. The highest BCUT2D eigenvalue weighted by Gasteiger charge is 2.26. The number of pyridine rings is 2. The van der Waals surface area contributed by atoms with Gasteiger partial charge in [-0.15, -0.1) is 0 Å². The molecule has 2 aromatic rings. The number of rotatable bonds is 6. The number of nitrogens with two attached hydrogens (primary N) is 1. The van der Waals surface area contributed by atoms with Crippen LogP contribution in [0.25, 0.3) is 0 Å². The van der Waals surface area contributed by atoms with Crippen molar-refractivity contribution in [1.29, 1.82) is 0 Å². The summed E-state index contributed by atoms with van der Waals surface area (Å²) in [5.41, 5.74) is 0.323. The molecule has 1 aliphatic rings. The second kappa shape index (κ2) is 8.42. The van der Waals surface area contributed by atoms with Crippen LogP contribution in [0.4, 0.5) is 0 Å². The predicted molar refractivity (Wildman–Crippen MR) is 98.3 cm³/mol. The maximum atomic E-state index is 12.5. The first-order valence-corrected chi connectivity index (χ1v) is 10.0. The Labute approximate surface area is 157 Å². The number of ether oxygens (including phenoxy) is 1. The van der Waals surface area contributed by atoms with Gasteiger partial charge in [0.15, 0.2) is 0 Å². The maximum Gasteiger partial charge on any atom is 0.276 e. The van der Waals surface area contributed by atoms with Gasteiger partial charge in [-0.25, -0.2) is 10.1 Å². The largest absolute Gasteiger partial charge is 0.437 e. The van der Waals surface area contributed by atoms with Gasteiger partial charge in [-0.3, -0.25) is 9.78 Å². The Morgan fingerprint density at radius 1 is 1.26 bits per heavy atom. The molecule has 0 unspecified atom stereocenters. The first-order valence-electron chi connectivity index (χ1n) is 8.52. The second-order valence-electron chi connectivity index (χ2n) is 6.24. The molecule has 0 aliphatic carbocycles. The van der Waals surface area contributed by atoms with Gasteiger partial charge in [-0.1, -0.05) is 0 Å². The molecule has 0 spiro atoms. The first-order chi connectivity index (χ1) is 12.9. The van der Waals surface area contributed by atoms with Gasteiger partial charge in [0.1, 0.15) is 11.3 Å². The normalized spacial score (nSPS) is 16.0. The Hall–Kier alpha value is -2.56. The average Bonchev–Trinajstić information content (AvgIpc) is 2.67. The molecule has 3 N–H and O–H groups in total. The van der Waals surface area contributed by atoms with E-state index in [1.807, 2.05) is 0 Å². The smallest absolute Gasteiger partial charge is 0.276 e. The van der Waals surface area contributed by atoms with Crippen LogP contribution in [0.5, 0.6) is 11.6 Å². The third-order valence-corrected chi connectivity index (χ3v) is 5.43. The molecule has 144 valence electrons. The Balaban J connectivity index is 1.58. The van der Waals surface area contributed by atoms with Crippen LogP contribution in [0, 0.1) is 5.92 Å². The van der Waals surface area contributed by atoms with Crippen molar-refractivity contribution in [1.82, 2.24) is 19.6 Å². The van der Waals surface area contributed by atoms with E-state index in [2.05, 4.69) is 15.3 Å². The van der Waals surface area contributed by atoms with Crippen LogP contribution in [0.15, 0.2) is 42.9 Å². The van der Waals surface area contributed by atoms with E-state index in [1.165, 1.54) is 10.5 Å². The van der Waals surface area contributed by atoms with Gasteiger partial charge < -0.3 is 10.1 Å². The van der Waals surface area contributed by atoms with Crippen molar-refractivity contribution in [2.75, 3.05) is 19.6 Å². The zero-order valence-electron chi connectivity index (χ0n) is 14.6. The van der Waals surface area contributed by atoms with E-state index in [4.69, 9.17) is 9.88 Å². The fourth-order valence-electron chi connectivity index (χ4n) is 2.86. The minimum absolute atomic E-state index is 0.186. The minimum Gasteiger partial charge on any atom is -0.437 e. The molecule has 3 heterocycles. The van der Waals surface area contributed by atoms with Crippen molar-refractivity contribution >= 4 is 16.1 Å². The summed E-state index contributed by atoms with van der Waals surface area (Å²) >= 11 is 0. The highest BCUT2D eigenvalue weighted by Crippen LogP contribution is 2.22. The van der Waals surface area contributed by atoms with Crippen molar-refractivity contribution in [3.63, 3.8) is 0 Å². The molecule has 10 heteroatoms. The standard InChI is InChI=1S/C17H21N5O4S/c18-27(24,25)22-9-5-13(6-10-22)11-21-16(23)15-4-2-8-20-17(15)26-14-3-1-7-19-12-14/h1-4,7-8,12-13H,5-6,9-11H2,(H,21,23)(H2,18,24,25). The van der Waals surface area contributed by atoms with Crippen LogP contribution in [0.3, 0.4) is 0 Å². The monoisotopic (exact) mass is 391 g/mol. The van der Waals surface area contributed by atoms with E-state index in [0.29, 0.717) is 43.8 Å². The number of carbonyl (C=O) groups is 1. The van der Waals surface area contributed by atoms with Gasteiger partial charge in [-0.05, 0) is 43.0 Å². The summed E-state index contributed by atoms with van der Waals surface area (Å²) in [5, 5.41) is 8.01. The van der Waals surface area contributed by atoms with Crippen LogP contribution in [-0.4, -0.2) is 48.2 Å². The number of hydrogen-bond donors (Lipinski definition) is 2. The lowest BCUT2D eigenvalue weighted by molar-refractivity contribution is 0.0938. The molecular formula is C17H21N5O4S. The summed E-state index contributed by atoms with van der Waals surface area (Å²) in [6.45, 7) is 1.17. The van der Waals surface area contributed by atoms with E-state index in [0.717, 1.165) is 0 Å². The zero-order chi connectivity index (χ0) is 19.3. The van der Waals surface area contributed by atoms with Gasteiger partial charge in [0.2, 0.25) is 5.88 Å². The van der Waals surface area contributed by atoms with Crippen LogP contribution in [0.2, 0.25) is 0 Å². The van der Waals surface area contributed by atoms with Gasteiger partial charge >= 0.3 is 0 Å². The fourth-order valence-corrected chi connectivity index (χ4v) is 3.58. The van der Waals surface area contributed by atoms with Crippen molar-refractivity contribution in [3.05, 3.63) is 48.4 Å². The first kappa shape index (κ1) is 19.2. The Kier molecular flexibility index (Phi) is 5.99. The molecule has 0 radical (unpaired) electrons. The number of hydrogen-bond acceptors (Lipinski definition) is 6. The lowest BCUT2D eigenvalue weighted by Gasteiger charge is -2.29. The molecule has 27 heavy (non-hydrogen) atoms. The Morgan fingerprint density at radius 3 is 2.67 bits per heavy atom. The number of nitrogens with one attached hydrogen (secondary N) is 1. The van der Waals surface area contributed by atoms with Crippen LogP contribution in [0.1, 0.15) is 23.2 Å². The number of amides is 1. The molecule has 3 rings (SSSR count). The third kappa shape index (κ3) is 5.22. The van der Waals surface area contributed by atoms with Crippen LogP contribution < -0.4 is 15.2 Å².